The predicted molar refractivity (Wildman–Crippen MR) is 61.4 cm³/mol. The molecular formula is C9H8IN3O. The lowest BCUT2D eigenvalue weighted by Crippen LogP contribution is -1.87. The highest BCUT2D eigenvalue weighted by molar-refractivity contribution is 14.1. The molecule has 0 saturated carbocycles. The fraction of sp³-hybridized carbons (Fsp3) is 0.111. The minimum Gasteiger partial charge on any atom is -0.496 e. The van der Waals surface area contributed by atoms with E-state index in [1.54, 1.807) is 10.0 Å². The van der Waals surface area contributed by atoms with Gasteiger partial charge < -0.3 is 4.74 Å². The second-order valence-corrected chi connectivity index (χ2v) is 3.68. The number of halogens is 1. The Hall–Kier alpha value is -1.11. The van der Waals surface area contributed by atoms with Crippen molar-refractivity contribution >= 4 is 22.9 Å². The van der Waals surface area contributed by atoms with Crippen molar-refractivity contribution in [2.24, 2.45) is 0 Å². The van der Waals surface area contributed by atoms with E-state index < -0.39 is 0 Å². The Morgan fingerprint density at radius 2 is 2.14 bits per heavy atom. The lowest BCUT2D eigenvalue weighted by atomic mass is 10.1. The molecule has 0 bridgehead atoms. The van der Waals surface area contributed by atoms with Crippen LogP contribution in [0.4, 0.5) is 0 Å². The van der Waals surface area contributed by atoms with Crippen molar-refractivity contribution in [2.75, 3.05) is 7.11 Å². The third-order valence-corrected chi connectivity index (χ3v) is 2.32. The molecule has 0 aliphatic heterocycles. The number of hydrogen-bond acceptors (Lipinski definition) is 3. The molecule has 0 radical (unpaired) electrons. The highest BCUT2D eigenvalue weighted by atomic mass is 127. The minimum atomic E-state index is 0.810. The minimum absolute atomic E-state index is 0.810. The number of rotatable bonds is 2. The second kappa shape index (κ2) is 3.95. The van der Waals surface area contributed by atoms with E-state index in [4.69, 9.17) is 4.74 Å². The van der Waals surface area contributed by atoms with Gasteiger partial charge >= 0.3 is 0 Å². The van der Waals surface area contributed by atoms with Gasteiger partial charge in [-0.1, -0.05) is 17.3 Å². The topological polar surface area (TPSA) is 39.9 Å². The van der Waals surface area contributed by atoms with Crippen LogP contribution in [0.15, 0.2) is 30.5 Å². The molecular weight excluding hydrogens is 293 g/mol. The number of hydrogen-bond donors (Lipinski definition) is 0. The number of para-hydroxylation sites is 1. The summed E-state index contributed by atoms with van der Waals surface area (Å²) in [5.74, 6) is 0.810. The Bertz CT molecular complexity index is 441. The van der Waals surface area contributed by atoms with Crippen molar-refractivity contribution in [3.8, 4) is 17.0 Å². The van der Waals surface area contributed by atoms with Crippen molar-refractivity contribution < 1.29 is 4.74 Å². The maximum absolute atomic E-state index is 5.23. The Kier molecular flexibility index (Phi) is 2.67. The Labute approximate surface area is 95.4 Å². The quantitative estimate of drug-likeness (QED) is 0.798. The number of aromatic nitrogens is 3. The molecule has 2 aromatic rings. The van der Waals surface area contributed by atoms with E-state index in [-0.39, 0.29) is 0 Å². The molecule has 0 aliphatic rings. The first-order valence-electron chi connectivity index (χ1n) is 4.03. The number of benzene rings is 1. The summed E-state index contributed by atoms with van der Waals surface area (Å²) >= 11 is 2.05. The Morgan fingerprint density at radius 1 is 1.36 bits per heavy atom. The van der Waals surface area contributed by atoms with E-state index in [1.807, 2.05) is 30.5 Å². The number of ether oxygens (including phenoxy) is 1. The molecule has 0 saturated heterocycles. The summed E-state index contributed by atoms with van der Waals surface area (Å²) in [6, 6.07) is 7.74. The van der Waals surface area contributed by atoms with Gasteiger partial charge in [0, 0.05) is 5.56 Å². The number of nitrogens with zero attached hydrogens (tertiary/aromatic N) is 3. The summed E-state index contributed by atoms with van der Waals surface area (Å²) < 4.78 is 6.87. The maximum atomic E-state index is 5.23. The first kappa shape index (κ1) is 9.45. The molecule has 1 aromatic carbocycles. The molecule has 0 spiro atoms. The van der Waals surface area contributed by atoms with Crippen LogP contribution in [0.1, 0.15) is 0 Å². The normalized spacial score (nSPS) is 10.1. The fourth-order valence-electron chi connectivity index (χ4n) is 1.22. The molecule has 1 heterocycles. The standard InChI is InChI=1S/C9H8IN3O/c1-14-9-5-3-2-4-7(9)8-6-13(10)12-11-8/h2-6H,1H3. The van der Waals surface area contributed by atoms with Crippen molar-refractivity contribution in [2.45, 2.75) is 0 Å². The van der Waals surface area contributed by atoms with Gasteiger partial charge in [0.1, 0.15) is 11.4 Å². The first-order valence-corrected chi connectivity index (χ1v) is 4.99. The van der Waals surface area contributed by atoms with Crippen molar-refractivity contribution in [1.29, 1.82) is 0 Å². The van der Waals surface area contributed by atoms with Crippen LogP contribution >= 0.6 is 22.9 Å². The van der Waals surface area contributed by atoms with Crippen LogP contribution in [0.3, 0.4) is 0 Å². The highest BCUT2D eigenvalue weighted by Gasteiger charge is 2.07. The predicted octanol–water partition coefficient (Wildman–Crippen LogP) is 2.15. The highest BCUT2D eigenvalue weighted by Crippen LogP contribution is 2.27. The summed E-state index contributed by atoms with van der Waals surface area (Å²) in [6.07, 6.45) is 1.85. The van der Waals surface area contributed by atoms with Gasteiger partial charge in [0.25, 0.3) is 0 Å². The second-order valence-electron chi connectivity index (χ2n) is 2.69. The van der Waals surface area contributed by atoms with Crippen LogP contribution in [0.2, 0.25) is 0 Å². The van der Waals surface area contributed by atoms with Crippen molar-refractivity contribution in [1.82, 2.24) is 13.2 Å². The zero-order chi connectivity index (χ0) is 9.97. The summed E-state index contributed by atoms with van der Waals surface area (Å²) in [5.41, 5.74) is 1.77. The van der Waals surface area contributed by atoms with E-state index in [0.717, 1.165) is 17.0 Å². The largest absolute Gasteiger partial charge is 0.496 e. The lowest BCUT2D eigenvalue weighted by molar-refractivity contribution is 0.416. The summed E-state index contributed by atoms with van der Waals surface area (Å²) in [5, 5.41) is 7.89. The smallest absolute Gasteiger partial charge is 0.128 e. The molecule has 0 unspecified atom stereocenters. The van der Waals surface area contributed by atoms with Crippen LogP contribution < -0.4 is 4.74 Å². The molecule has 0 N–H and O–H groups in total. The van der Waals surface area contributed by atoms with E-state index in [0.29, 0.717) is 0 Å². The molecule has 5 heteroatoms. The SMILES string of the molecule is COc1ccccc1-c1cn(I)nn1. The molecule has 0 atom stereocenters. The third-order valence-electron chi connectivity index (χ3n) is 1.85. The van der Waals surface area contributed by atoms with Gasteiger partial charge in [-0.2, -0.15) is 2.90 Å². The van der Waals surface area contributed by atoms with Crippen molar-refractivity contribution in [3.05, 3.63) is 30.5 Å². The van der Waals surface area contributed by atoms with Crippen LogP contribution in [-0.2, 0) is 0 Å². The van der Waals surface area contributed by atoms with E-state index >= 15 is 0 Å². The average molecular weight is 301 g/mol. The van der Waals surface area contributed by atoms with Gasteiger partial charge in [-0.3, -0.25) is 0 Å². The molecule has 14 heavy (non-hydrogen) atoms. The van der Waals surface area contributed by atoms with Gasteiger partial charge in [-0.05, 0) is 12.1 Å². The van der Waals surface area contributed by atoms with Crippen molar-refractivity contribution in [3.63, 3.8) is 0 Å². The van der Waals surface area contributed by atoms with Gasteiger partial charge in [-0.15, -0.1) is 5.10 Å². The summed E-state index contributed by atoms with van der Waals surface area (Å²) in [6.45, 7) is 0. The first-order chi connectivity index (χ1) is 6.81. The molecule has 0 amide bonds. The molecule has 0 aliphatic carbocycles. The average Bonchev–Trinajstić information content (AvgIpc) is 2.65. The van der Waals surface area contributed by atoms with Crippen LogP contribution in [-0.4, -0.2) is 20.3 Å². The van der Waals surface area contributed by atoms with Crippen LogP contribution in [0.5, 0.6) is 5.75 Å². The van der Waals surface area contributed by atoms with E-state index in [2.05, 4.69) is 33.2 Å². The Morgan fingerprint density at radius 3 is 2.79 bits per heavy atom. The molecule has 2 rings (SSSR count). The molecule has 72 valence electrons. The molecule has 0 fully saturated rings. The van der Waals surface area contributed by atoms with Gasteiger partial charge in [0.2, 0.25) is 0 Å². The lowest BCUT2D eigenvalue weighted by Gasteiger charge is -2.03. The summed E-state index contributed by atoms with van der Waals surface area (Å²) in [7, 11) is 1.65. The summed E-state index contributed by atoms with van der Waals surface area (Å²) in [4.78, 5) is 0. The maximum Gasteiger partial charge on any atom is 0.128 e. The fourth-order valence-corrected chi connectivity index (χ4v) is 1.58. The van der Waals surface area contributed by atoms with Gasteiger partial charge in [0.15, 0.2) is 0 Å². The van der Waals surface area contributed by atoms with E-state index in [9.17, 15) is 0 Å². The third kappa shape index (κ3) is 1.72. The van der Waals surface area contributed by atoms with E-state index in [1.165, 1.54) is 0 Å². The monoisotopic (exact) mass is 301 g/mol. The van der Waals surface area contributed by atoms with Crippen LogP contribution in [0.25, 0.3) is 11.3 Å². The molecule has 4 nitrogen and oxygen atoms in total. The van der Waals surface area contributed by atoms with Gasteiger partial charge in [0.05, 0.1) is 36.2 Å². The van der Waals surface area contributed by atoms with Gasteiger partial charge in [-0.25, -0.2) is 0 Å². The zero-order valence-corrected chi connectivity index (χ0v) is 9.67. The zero-order valence-electron chi connectivity index (χ0n) is 7.51. The molecule has 1 aromatic heterocycles. The number of methoxy groups -OCH3 is 1. The van der Waals surface area contributed by atoms with Crippen LogP contribution in [0, 0.1) is 0 Å². The Balaban J connectivity index is 2.50.